The smallest absolute Gasteiger partial charge is 0.481 e. The van der Waals surface area contributed by atoms with Crippen LogP contribution in [-0.4, -0.2) is 22.4 Å². The third-order valence-corrected chi connectivity index (χ3v) is 2.07. The number of ether oxygens (including phenoxy) is 1. The molecule has 0 spiro atoms. The molecule has 20 heavy (non-hydrogen) atoms. The molecule has 0 radical (unpaired) electrons. The quantitative estimate of drug-likeness (QED) is 0.670. The molecule has 0 atom stereocenters. The van der Waals surface area contributed by atoms with Crippen molar-refractivity contribution in [2.24, 2.45) is 0 Å². The maximum Gasteiger partial charge on any atom is 0.573 e. The number of carboxylic acids is 1. The SMILES string of the molecule is N#Cc1cc(CC(=O)O)c([N+](=O)[O-])cc1OC(F)(F)F. The van der Waals surface area contributed by atoms with Gasteiger partial charge in [-0.3, -0.25) is 14.9 Å². The molecule has 0 unspecified atom stereocenters. The molecule has 0 aliphatic carbocycles. The molecule has 1 rings (SSSR count). The Morgan fingerprint density at radius 2 is 2.10 bits per heavy atom. The molecule has 1 N–H and O–H groups in total. The molecule has 0 amide bonds. The predicted molar refractivity (Wildman–Crippen MR) is 55.8 cm³/mol. The zero-order valence-electron chi connectivity index (χ0n) is 9.47. The van der Waals surface area contributed by atoms with Crippen molar-refractivity contribution in [2.45, 2.75) is 12.8 Å². The fourth-order valence-corrected chi connectivity index (χ4v) is 1.38. The first-order valence-electron chi connectivity index (χ1n) is 4.83. The van der Waals surface area contributed by atoms with E-state index in [2.05, 4.69) is 4.74 Å². The summed E-state index contributed by atoms with van der Waals surface area (Å²) in [7, 11) is 0. The summed E-state index contributed by atoms with van der Waals surface area (Å²) >= 11 is 0. The number of benzene rings is 1. The van der Waals surface area contributed by atoms with E-state index >= 15 is 0 Å². The highest BCUT2D eigenvalue weighted by Crippen LogP contribution is 2.32. The Morgan fingerprint density at radius 3 is 2.50 bits per heavy atom. The number of nitrogens with zero attached hydrogens (tertiary/aromatic N) is 2. The minimum Gasteiger partial charge on any atom is -0.481 e. The summed E-state index contributed by atoms with van der Waals surface area (Å²) in [6, 6.07) is 2.42. The lowest BCUT2D eigenvalue weighted by molar-refractivity contribution is -0.385. The zero-order chi connectivity index (χ0) is 15.5. The van der Waals surface area contributed by atoms with Gasteiger partial charge in [0.05, 0.1) is 23.0 Å². The summed E-state index contributed by atoms with van der Waals surface area (Å²) in [5.74, 6) is -2.48. The molecule has 0 aliphatic rings. The van der Waals surface area contributed by atoms with E-state index < -0.39 is 46.2 Å². The number of rotatable bonds is 4. The minimum atomic E-state index is -5.13. The first-order valence-corrected chi connectivity index (χ1v) is 4.83. The molecule has 0 aliphatic heterocycles. The lowest BCUT2D eigenvalue weighted by atomic mass is 10.1. The van der Waals surface area contributed by atoms with E-state index in [1.54, 1.807) is 0 Å². The highest BCUT2D eigenvalue weighted by molar-refractivity contribution is 5.73. The number of carbonyl (C=O) groups is 1. The van der Waals surface area contributed by atoms with Crippen LogP contribution in [0, 0.1) is 21.4 Å². The minimum absolute atomic E-state index is 0.379. The highest BCUT2D eigenvalue weighted by Gasteiger charge is 2.33. The van der Waals surface area contributed by atoms with Gasteiger partial charge in [-0.05, 0) is 6.07 Å². The number of nitro groups is 1. The van der Waals surface area contributed by atoms with Crippen LogP contribution in [0.1, 0.15) is 11.1 Å². The van der Waals surface area contributed by atoms with E-state index in [0.717, 1.165) is 0 Å². The number of alkyl halides is 3. The van der Waals surface area contributed by atoms with Gasteiger partial charge in [0.15, 0.2) is 5.75 Å². The molecule has 7 nitrogen and oxygen atoms in total. The topological polar surface area (TPSA) is 113 Å². The predicted octanol–water partition coefficient (Wildman–Crippen LogP) is 1.99. The van der Waals surface area contributed by atoms with Gasteiger partial charge in [-0.15, -0.1) is 13.2 Å². The van der Waals surface area contributed by atoms with Gasteiger partial charge < -0.3 is 9.84 Å². The molecule has 0 saturated heterocycles. The number of hydrogen-bond acceptors (Lipinski definition) is 5. The fraction of sp³-hybridized carbons (Fsp3) is 0.200. The van der Waals surface area contributed by atoms with Gasteiger partial charge in [-0.2, -0.15) is 5.26 Å². The summed E-state index contributed by atoms with van der Waals surface area (Å²) in [5.41, 5.74) is -1.91. The van der Waals surface area contributed by atoms with Crippen LogP contribution in [0.15, 0.2) is 12.1 Å². The molecule has 10 heteroatoms. The Morgan fingerprint density at radius 1 is 1.50 bits per heavy atom. The van der Waals surface area contributed by atoms with E-state index in [1.807, 2.05) is 0 Å². The summed E-state index contributed by atoms with van der Waals surface area (Å²) < 4.78 is 39.8. The lowest BCUT2D eigenvalue weighted by Gasteiger charge is -2.11. The van der Waals surface area contributed by atoms with Gasteiger partial charge in [0.2, 0.25) is 0 Å². The van der Waals surface area contributed by atoms with Crippen molar-refractivity contribution in [1.29, 1.82) is 5.26 Å². The molecule has 1 aromatic carbocycles. The second kappa shape index (κ2) is 5.43. The maximum absolute atomic E-state index is 12.1. The molecule has 0 saturated carbocycles. The van der Waals surface area contributed by atoms with Gasteiger partial charge in [0.25, 0.3) is 5.69 Å². The normalized spacial score (nSPS) is 10.7. The molecular formula is C10H5F3N2O5. The first kappa shape index (κ1) is 15.2. The van der Waals surface area contributed by atoms with E-state index in [0.29, 0.717) is 12.1 Å². The van der Waals surface area contributed by atoms with Crippen LogP contribution >= 0.6 is 0 Å². The standard InChI is InChI=1S/C10H5F3N2O5/c11-10(12,13)20-8-3-7(15(18)19)5(2-9(16)17)1-6(8)4-14/h1,3H,2H2,(H,16,17). The van der Waals surface area contributed by atoms with Crippen molar-refractivity contribution in [3.05, 3.63) is 33.4 Å². The van der Waals surface area contributed by atoms with Crippen LogP contribution in [-0.2, 0) is 11.2 Å². The van der Waals surface area contributed by atoms with Crippen molar-refractivity contribution in [2.75, 3.05) is 0 Å². The molecule has 0 fully saturated rings. The third kappa shape index (κ3) is 3.84. The second-order valence-electron chi connectivity index (χ2n) is 3.46. The van der Waals surface area contributed by atoms with E-state index in [1.165, 1.54) is 6.07 Å². The number of nitro benzene ring substituents is 1. The van der Waals surface area contributed by atoms with Gasteiger partial charge >= 0.3 is 12.3 Å². The van der Waals surface area contributed by atoms with Crippen LogP contribution in [0.4, 0.5) is 18.9 Å². The van der Waals surface area contributed by atoms with Crippen molar-refractivity contribution < 1.29 is 32.7 Å². The van der Waals surface area contributed by atoms with E-state index in [-0.39, 0.29) is 0 Å². The van der Waals surface area contributed by atoms with Gasteiger partial charge in [0, 0.05) is 5.56 Å². The van der Waals surface area contributed by atoms with Crippen LogP contribution in [0.2, 0.25) is 0 Å². The van der Waals surface area contributed by atoms with Gasteiger partial charge in [-0.25, -0.2) is 0 Å². The fourth-order valence-electron chi connectivity index (χ4n) is 1.38. The Kier molecular flexibility index (Phi) is 4.14. The average molecular weight is 290 g/mol. The van der Waals surface area contributed by atoms with E-state index in [4.69, 9.17) is 10.4 Å². The van der Waals surface area contributed by atoms with E-state index in [9.17, 15) is 28.1 Å². The highest BCUT2D eigenvalue weighted by atomic mass is 19.4. The third-order valence-electron chi connectivity index (χ3n) is 2.07. The summed E-state index contributed by atoms with van der Waals surface area (Å²) in [5, 5.41) is 28.0. The number of hydrogen-bond donors (Lipinski definition) is 1. The monoisotopic (exact) mass is 290 g/mol. The van der Waals surface area contributed by atoms with Crippen LogP contribution in [0.25, 0.3) is 0 Å². The largest absolute Gasteiger partial charge is 0.573 e. The molecule has 1 aromatic rings. The Balaban J connectivity index is 3.41. The summed E-state index contributed by atoms with van der Waals surface area (Å²) in [4.78, 5) is 20.2. The number of aliphatic carboxylic acids is 1. The van der Waals surface area contributed by atoms with Crippen molar-refractivity contribution >= 4 is 11.7 Å². The number of carboxylic acid groups (broad SMARTS) is 1. The lowest BCUT2D eigenvalue weighted by Crippen LogP contribution is -2.18. The zero-order valence-corrected chi connectivity index (χ0v) is 9.47. The Labute approximate surface area is 109 Å². The molecule has 106 valence electrons. The van der Waals surface area contributed by atoms with Gasteiger partial charge in [-0.1, -0.05) is 0 Å². The average Bonchev–Trinajstić information content (AvgIpc) is 2.27. The Hall–Kier alpha value is -2.83. The Bertz CT molecular complexity index is 606. The molecule has 0 aromatic heterocycles. The van der Waals surface area contributed by atoms with Crippen molar-refractivity contribution in [3.63, 3.8) is 0 Å². The molecule has 0 heterocycles. The number of halogens is 3. The van der Waals surface area contributed by atoms with Crippen molar-refractivity contribution in [1.82, 2.24) is 0 Å². The first-order chi connectivity index (χ1) is 9.14. The van der Waals surface area contributed by atoms with Crippen LogP contribution in [0.3, 0.4) is 0 Å². The van der Waals surface area contributed by atoms with Crippen molar-refractivity contribution in [3.8, 4) is 11.8 Å². The van der Waals surface area contributed by atoms with Crippen LogP contribution in [0.5, 0.6) is 5.75 Å². The summed E-state index contributed by atoms with van der Waals surface area (Å²) in [6.45, 7) is 0. The molecular weight excluding hydrogens is 285 g/mol. The summed E-state index contributed by atoms with van der Waals surface area (Å²) in [6.07, 6.45) is -5.94. The van der Waals surface area contributed by atoms with Gasteiger partial charge in [0.1, 0.15) is 6.07 Å². The number of nitriles is 1. The second-order valence-corrected chi connectivity index (χ2v) is 3.46. The molecule has 0 bridgehead atoms. The van der Waals surface area contributed by atoms with Crippen LogP contribution < -0.4 is 4.74 Å². The maximum atomic E-state index is 12.1.